The second-order valence-corrected chi connectivity index (χ2v) is 13.9. The standard InChI is InChI=1S/C51H32N4/c52-33-35-27-28-42(37(29-35)34-53)36-30-40(54-47-23-11-7-19-43(47)44-20-8-12-24-48(44)54)32-41(31-36)55-49-25-13-9-21-45(49)51(38-15-3-1-4-16-38,39-17-5-2-6-18-39)46-22-10-14-26-50(46)55/h1-32H. The summed E-state index contributed by atoms with van der Waals surface area (Å²) in [5.74, 6) is 0. The number of hydrogen-bond acceptors (Lipinski definition) is 3. The maximum Gasteiger partial charge on any atom is 0.0998 e. The molecule has 4 heteroatoms. The average Bonchev–Trinajstić information content (AvgIpc) is 3.60. The molecule has 0 saturated carbocycles. The molecule has 9 aromatic rings. The lowest BCUT2D eigenvalue weighted by atomic mass is 9.62. The summed E-state index contributed by atoms with van der Waals surface area (Å²) in [5.41, 5.74) is 12.9. The maximum atomic E-state index is 10.4. The number of para-hydroxylation sites is 4. The number of hydrogen-bond donors (Lipinski definition) is 0. The van der Waals surface area contributed by atoms with E-state index in [9.17, 15) is 10.5 Å². The molecule has 8 aromatic carbocycles. The SMILES string of the molecule is N#Cc1ccc(-c2cc(N3c4ccccc4C(c4ccccc4)(c4ccccc4)c4ccccc43)cc(-n3c4ccccc4c4ccccc43)c2)c(C#N)c1. The maximum absolute atomic E-state index is 10.4. The molecule has 1 aromatic heterocycles. The van der Waals surface area contributed by atoms with Crippen LogP contribution in [0.5, 0.6) is 0 Å². The van der Waals surface area contributed by atoms with Crippen molar-refractivity contribution in [3.63, 3.8) is 0 Å². The quantitative estimate of drug-likeness (QED) is 0.180. The van der Waals surface area contributed by atoms with Crippen LogP contribution in [0.4, 0.5) is 17.1 Å². The molecule has 0 bridgehead atoms. The van der Waals surface area contributed by atoms with Crippen LogP contribution in [0.3, 0.4) is 0 Å². The minimum absolute atomic E-state index is 0.455. The van der Waals surface area contributed by atoms with E-state index in [0.29, 0.717) is 11.1 Å². The van der Waals surface area contributed by atoms with Crippen LogP contribution >= 0.6 is 0 Å². The van der Waals surface area contributed by atoms with Gasteiger partial charge in [-0.05, 0) is 88.0 Å². The number of aromatic nitrogens is 1. The van der Waals surface area contributed by atoms with Gasteiger partial charge in [-0.2, -0.15) is 10.5 Å². The molecule has 1 aliphatic heterocycles. The summed E-state index contributed by atoms with van der Waals surface area (Å²) in [5, 5.41) is 22.5. The van der Waals surface area contributed by atoms with E-state index in [0.717, 1.165) is 44.9 Å². The van der Waals surface area contributed by atoms with Gasteiger partial charge in [-0.3, -0.25) is 0 Å². The zero-order valence-corrected chi connectivity index (χ0v) is 29.8. The molecule has 0 radical (unpaired) electrons. The summed E-state index contributed by atoms with van der Waals surface area (Å²) in [7, 11) is 0. The van der Waals surface area contributed by atoms with E-state index >= 15 is 0 Å². The lowest BCUT2D eigenvalue weighted by molar-refractivity contribution is 0.731. The molecule has 0 N–H and O–H groups in total. The number of benzene rings is 8. The van der Waals surface area contributed by atoms with Gasteiger partial charge in [0.25, 0.3) is 0 Å². The van der Waals surface area contributed by atoms with Gasteiger partial charge >= 0.3 is 0 Å². The van der Waals surface area contributed by atoms with Crippen LogP contribution in [0.1, 0.15) is 33.4 Å². The first-order valence-electron chi connectivity index (χ1n) is 18.4. The van der Waals surface area contributed by atoms with Gasteiger partial charge in [0, 0.05) is 22.1 Å². The van der Waals surface area contributed by atoms with Gasteiger partial charge in [0.15, 0.2) is 0 Å². The summed E-state index contributed by atoms with van der Waals surface area (Å²) >= 11 is 0. The minimum Gasteiger partial charge on any atom is -0.310 e. The van der Waals surface area contributed by atoms with Crippen LogP contribution in [-0.2, 0) is 5.41 Å². The van der Waals surface area contributed by atoms with Crippen molar-refractivity contribution in [1.29, 1.82) is 10.5 Å². The van der Waals surface area contributed by atoms with Crippen LogP contribution in [0, 0.1) is 22.7 Å². The fourth-order valence-corrected chi connectivity index (χ4v) is 8.86. The van der Waals surface area contributed by atoms with E-state index in [-0.39, 0.29) is 0 Å². The largest absolute Gasteiger partial charge is 0.310 e. The summed E-state index contributed by atoms with van der Waals surface area (Å²) in [6.45, 7) is 0. The zero-order valence-electron chi connectivity index (χ0n) is 29.8. The number of rotatable bonds is 5. The molecule has 55 heavy (non-hydrogen) atoms. The summed E-state index contributed by atoms with van der Waals surface area (Å²) < 4.78 is 2.33. The third-order valence-corrected chi connectivity index (χ3v) is 11.1. The van der Waals surface area contributed by atoms with Crippen molar-refractivity contribution >= 4 is 38.9 Å². The Kier molecular flexibility index (Phi) is 7.44. The van der Waals surface area contributed by atoms with Gasteiger partial charge < -0.3 is 9.47 Å². The Morgan fingerprint density at radius 1 is 0.436 bits per heavy atom. The highest BCUT2D eigenvalue weighted by Gasteiger charge is 2.46. The Bertz CT molecular complexity index is 2880. The van der Waals surface area contributed by atoms with E-state index in [2.05, 4.69) is 198 Å². The highest BCUT2D eigenvalue weighted by Crippen LogP contribution is 2.58. The topological polar surface area (TPSA) is 55.8 Å². The summed E-state index contributed by atoms with van der Waals surface area (Å²) in [6, 6.07) is 72.8. The lowest BCUT2D eigenvalue weighted by Crippen LogP contribution is -2.37. The van der Waals surface area contributed by atoms with Crippen LogP contribution < -0.4 is 4.90 Å². The normalized spacial score (nSPS) is 12.8. The van der Waals surface area contributed by atoms with Crippen molar-refractivity contribution in [2.24, 2.45) is 0 Å². The Hall–Kier alpha value is -7.66. The average molecular weight is 701 g/mol. The molecule has 0 unspecified atom stereocenters. The van der Waals surface area contributed by atoms with Gasteiger partial charge in [0.2, 0.25) is 0 Å². The fraction of sp³-hybridized carbons (Fsp3) is 0.0196. The Morgan fingerprint density at radius 3 is 1.51 bits per heavy atom. The number of nitriles is 2. The zero-order chi connectivity index (χ0) is 36.9. The molecule has 0 atom stereocenters. The number of fused-ring (bicyclic) bond motifs is 5. The summed E-state index contributed by atoms with van der Waals surface area (Å²) in [4.78, 5) is 2.38. The summed E-state index contributed by atoms with van der Waals surface area (Å²) in [6.07, 6.45) is 0. The van der Waals surface area contributed by atoms with E-state index in [4.69, 9.17) is 0 Å². The Morgan fingerprint density at radius 2 is 0.945 bits per heavy atom. The molecule has 4 nitrogen and oxygen atoms in total. The molecule has 10 rings (SSSR count). The van der Waals surface area contributed by atoms with E-state index in [1.54, 1.807) is 12.1 Å². The first-order valence-corrected chi connectivity index (χ1v) is 18.4. The van der Waals surface area contributed by atoms with Crippen molar-refractivity contribution in [3.8, 4) is 29.0 Å². The fourth-order valence-electron chi connectivity index (χ4n) is 8.86. The predicted molar refractivity (Wildman–Crippen MR) is 222 cm³/mol. The van der Waals surface area contributed by atoms with Crippen molar-refractivity contribution in [2.45, 2.75) is 5.41 Å². The third kappa shape index (κ3) is 4.83. The second kappa shape index (κ2) is 12.8. The van der Waals surface area contributed by atoms with Crippen molar-refractivity contribution < 1.29 is 0 Å². The Labute approximate surface area is 319 Å². The monoisotopic (exact) mass is 700 g/mol. The number of nitrogens with zero attached hydrogens (tertiary/aromatic N) is 4. The van der Waals surface area contributed by atoms with Crippen molar-refractivity contribution in [3.05, 3.63) is 228 Å². The first kappa shape index (κ1) is 32.0. The van der Waals surface area contributed by atoms with Gasteiger partial charge in [-0.25, -0.2) is 0 Å². The molecule has 256 valence electrons. The molecule has 1 aliphatic rings. The highest BCUT2D eigenvalue weighted by molar-refractivity contribution is 6.09. The molecule has 0 saturated heterocycles. The Balaban J connectivity index is 1.31. The molecule has 0 amide bonds. The molecular formula is C51H32N4. The van der Waals surface area contributed by atoms with Crippen molar-refractivity contribution in [1.82, 2.24) is 4.57 Å². The van der Waals surface area contributed by atoms with Gasteiger partial charge in [-0.1, -0.05) is 140 Å². The lowest BCUT2D eigenvalue weighted by Gasteiger charge is -2.46. The smallest absolute Gasteiger partial charge is 0.0998 e. The number of anilines is 3. The van der Waals surface area contributed by atoms with Gasteiger partial charge in [-0.15, -0.1) is 0 Å². The molecule has 0 aliphatic carbocycles. The van der Waals surface area contributed by atoms with Crippen LogP contribution in [0.25, 0.3) is 38.6 Å². The van der Waals surface area contributed by atoms with Crippen LogP contribution in [-0.4, -0.2) is 4.57 Å². The molecular weight excluding hydrogens is 669 g/mol. The van der Waals surface area contributed by atoms with E-state index in [1.165, 1.54) is 33.0 Å². The highest BCUT2D eigenvalue weighted by atomic mass is 15.2. The van der Waals surface area contributed by atoms with E-state index < -0.39 is 5.41 Å². The first-order chi connectivity index (χ1) is 27.2. The molecule has 2 heterocycles. The van der Waals surface area contributed by atoms with Gasteiger partial charge in [0.1, 0.15) is 0 Å². The molecule has 0 spiro atoms. The van der Waals surface area contributed by atoms with E-state index in [1.807, 2.05) is 6.07 Å². The minimum atomic E-state index is -0.597. The van der Waals surface area contributed by atoms with Gasteiger partial charge in [0.05, 0.1) is 51.1 Å². The predicted octanol–water partition coefficient (Wildman–Crippen LogP) is 12.4. The van der Waals surface area contributed by atoms with Crippen molar-refractivity contribution in [2.75, 3.05) is 4.90 Å². The molecule has 0 fully saturated rings. The van der Waals surface area contributed by atoms with Crippen LogP contribution in [0.2, 0.25) is 0 Å². The second-order valence-electron chi connectivity index (χ2n) is 13.9. The third-order valence-electron chi connectivity index (χ3n) is 11.1. The van der Waals surface area contributed by atoms with Crippen LogP contribution in [0.15, 0.2) is 194 Å².